The number of piperidine rings is 1. The number of nitrogens with one attached hydrogen (secondary N) is 1. The minimum absolute atomic E-state index is 0.0811. The highest BCUT2D eigenvalue weighted by atomic mass is 16.5. The largest absolute Gasteiger partial charge is 0.468 e. The van der Waals surface area contributed by atoms with Crippen LogP contribution in [0.1, 0.15) is 32.6 Å². The predicted octanol–water partition coefficient (Wildman–Crippen LogP) is 1.01. The Hall–Kier alpha value is -0.610. The molecule has 1 aliphatic heterocycles. The van der Waals surface area contributed by atoms with Gasteiger partial charge in [0.05, 0.1) is 7.11 Å². The lowest BCUT2D eigenvalue weighted by Gasteiger charge is -2.33. The fraction of sp³-hybridized carbons (Fsp3) is 0.923. The van der Waals surface area contributed by atoms with Gasteiger partial charge in [-0.3, -0.25) is 9.69 Å². The van der Waals surface area contributed by atoms with E-state index >= 15 is 0 Å². The van der Waals surface area contributed by atoms with Crippen molar-refractivity contribution < 1.29 is 9.53 Å². The summed E-state index contributed by atoms with van der Waals surface area (Å²) in [5.74, 6) is 0.648. The molecule has 2 aliphatic rings. The van der Waals surface area contributed by atoms with Gasteiger partial charge in [0.1, 0.15) is 6.04 Å². The standard InChI is InChI=1S/C13H24N2O2/c1-10(13(16)17-2)15(12-3-4-12)9-11-5-7-14-8-6-11/h10-12,14H,3-9H2,1-2H3. The van der Waals surface area contributed by atoms with Crippen molar-refractivity contribution in [2.45, 2.75) is 44.7 Å². The van der Waals surface area contributed by atoms with Gasteiger partial charge in [0.25, 0.3) is 0 Å². The summed E-state index contributed by atoms with van der Waals surface area (Å²) in [6.07, 6.45) is 4.95. The van der Waals surface area contributed by atoms with Gasteiger partial charge in [0.2, 0.25) is 0 Å². The fourth-order valence-corrected chi connectivity index (χ4v) is 2.70. The lowest BCUT2D eigenvalue weighted by molar-refractivity contribution is -0.146. The maximum atomic E-state index is 11.7. The maximum Gasteiger partial charge on any atom is 0.322 e. The summed E-state index contributed by atoms with van der Waals surface area (Å²) in [4.78, 5) is 14.0. The van der Waals surface area contributed by atoms with Crippen LogP contribution in [0.4, 0.5) is 0 Å². The van der Waals surface area contributed by atoms with Crippen LogP contribution in [0.25, 0.3) is 0 Å². The SMILES string of the molecule is COC(=O)C(C)N(CC1CCNCC1)C1CC1. The maximum absolute atomic E-state index is 11.7. The molecule has 17 heavy (non-hydrogen) atoms. The number of ether oxygens (including phenoxy) is 1. The van der Waals surface area contributed by atoms with Gasteiger partial charge >= 0.3 is 5.97 Å². The second-order valence-corrected chi connectivity index (χ2v) is 5.32. The van der Waals surface area contributed by atoms with E-state index in [1.54, 1.807) is 0 Å². The Morgan fingerprint density at radius 2 is 2.00 bits per heavy atom. The third-order valence-electron chi connectivity index (χ3n) is 3.98. The zero-order valence-corrected chi connectivity index (χ0v) is 10.9. The molecule has 4 heteroatoms. The Balaban J connectivity index is 1.89. The van der Waals surface area contributed by atoms with Gasteiger partial charge in [0, 0.05) is 12.6 Å². The second kappa shape index (κ2) is 5.83. The van der Waals surface area contributed by atoms with Crippen LogP contribution >= 0.6 is 0 Å². The number of rotatable bonds is 5. The first-order valence-electron chi connectivity index (χ1n) is 6.76. The van der Waals surface area contributed by atoms with Crippen molar-refractivity contribution in [1.82, 2.24) is 10.2 Å². The molecular formula is C13H24N2O2. The quantitative estimate of drug-likeness (QED) is 0.728. The minimum atomic E-state index is -0.0918. The van der Waals surface area contributed by atoms with E-state index in [1.165, 1.54) is 32.8 Å². The summed E-state index contributed by atoms with van der Waals surface area (Å²) in [6, 6.07) is 0.543. The van der Waals surface area contributed by atoms with E-state index in [1.807, 2.05) is 6.92 Å². The Kier molecular flexibility index (Phi) is 4.40. The van der Waals surface area contributed by atoms with Crippen LogP contribution in [-0.2, 0) is 9.53 Å². The molecule has 0 aromatic carbocycles. The van der Waals surface area contributed by atoms with Gasteiger partial charge in [0.15, 0.2) is 0 Å². The molecule has 0 radical (unpaired) electrons. The topological polar surface area (TPSA) is 41.6 Å². The number of nitrogens with zero attached hydrogens (tertiary/aromatic N) is 1. The molecule has 2 fully saturated rings. The molecule has 4 nitrogen and oxygen atoms in total. The zero-order chi connectivity index (χ0) is 12.3. The van der Waals surface area contributed by atoms with Gasteiger partial charge in [-0.2, -0.15) is 0 Å². The van der Waals surface area contributed by atoms with Crippen LogP contribution in [0.2, 0.25) is 0 Å². The second-order valence-electron chi connectivity index (χ2n) is 5.32. The van der Waals surface area contributed by atoms with Crippen LogP contribution in [0.3, 0.4) is 0 Å². The molecule has 1 heterocycles. The van der Waals surface area contributed by atoms with E-state index in [-0.39, 0.29) is 12.0 Å². The number of carbonyl (C=O) groups is 1. The zero-order valence-electron chi connectivity index (χ0n) is 10.9. The smallest absolute Gasteiger partial charge is 0.322 e. The molecule has 1 N–H and O–H groups in total. The van der Waals surface area contributed by atoms with Crippen LogP contribution in [0.5, 0.6) is 0 Å². The van der Waals surface area contributed by atoms with Crippen molar-refractivity contribution in [3.05, 3.63) is 0 Å². The molecule has 1 atom stereocenters. The highest BCUT2D eigenvalue weighted by Gasteiger charge is 2.36. The summed E-state index contributed by atoms with van der Waals surface area (Å²) in [5, 5.41) is 3.39. The molecule has 98 valence electrons. The van der Waals surface area contributed by atoms with Crippen LogP contribution < -0.4 is 5.32 Å². The average Bonchev–Trinajstić information content (AvgIpc) is 3.19. The highest BCUT2D eigenvalue weighted by Crippen LogP contribution is 2.30. The molecule has 2 rings (SSSR count). The van der Waals surface area contributed by atoms with Crippen molar-refractivity contribution in [1.29, 1.82) is 0 Å². The lowest BCUT2D eigenvalue weighted by Crippen LogP contribution is -2.45. The van der Waals surface area contributed by atoms with Crippen LogP contribution in [-0.4, -0.2) is 49.7 Å². The van der Waals surface area contributed by atoms with Gasteiger partial charge in [-0.15, -0.1) is 0 Å². The molecule has 1 saturated carbocycles. The molecule has 1 unspecified atom stereocenters. The third-order valence-corrected chi connectivity index (χ3v) is 3.98. The highest BCUT2D eigenvalue weighted by molar-refractivity contribution is 5.75. The first-order valence-corrected chi connectivity index (χ1v) is 6.76. The molecule has 0 amide bonds. The first kappa shape index (κ1) is 12.8. The van der Waals surface area contributed by atoms with Gasteiger partial charge in [-0.25, -0.2) is 0 Å². The number of hydrogen-bond acceptors (Lipinski definition) is 4. The van der Waals surface area contributed by atoms with E-state index < -0.39 is 0 Å². The number of carbonyl (C=O) groups excluding carboxylic acids is 1. The number of methoxy groups -OCH3 is 1. The Bertz CT molecular complexity index is 260. The van der Waals surface area contributed by atoms with Crippen LogP contribution in [0.15, 0.2) is 0 Å². The minimum Gasteiger partial charge on any atom is -0.468 e. The lowest BCUT2D eigenvalue weighted by atomic mass is 9.97. The average molecular weight is 240 g/mol. The molecule has 0 spiro atoms. The number of esters is 1. The Morgan fingerprint density at radius 3 is 2.53 bits per heavy atom. The predicted molar refractivity (Wildman–Crippen MR) is 66.8 cm³/mol. The fourth-order valence-electron chi connectivity index (χ4n) is 2.70. The van der Waals surface area contributed by atoms with Crippen molar-refractivity contribution >= 4 is 5.97 Å². The van der Waals surface area contributed by atoms with Gasteiger partial charge < -0.3 is 10.1 Å². The Morgan fingerprint density at radius 1 is 1.35 bits per heavy atom. The van der Waals surface area contributed by atoms with E-state index in [4.69, 9.17) is 4.74 Å². The van der Waals surface area contributed by atoms with Crippen molar-refractivity contribution in [2.24, 2.45) is 5.92 Å². The molecular weight excluding hydrogens is 216 g/mol. The summed E-state index contributed by atoms with van der Waals surface area (Å²) < 4.78 is 4.87. The first-order chi connectivity index (χ1) is 8.22. The van der Waals surface area contributed by atoms with Crippen molar-refractivity contribution in [3.8, 4) is 0 Å². The van der Waals surface area contributed by atoms with Gasteiger partial charge in [-0.05, 0) is 51.6 Å². The monoisotopic (exact) mass is 240 g/mol. The summed E-state index contributed by atoms with van der Waals surface area (Å²) >= 11 is 0. The molecule has 0 bridgehead atoms. The number of hydrogen-bond donors (Lipinski definition) is 1. The summed E-state index contributed by atoms with van der Waals surface area (Å²) in [6.45, 7) is 5.28. The van der Waals surface area contributed by atoms with Crippen LogP contribution in [0, 0.1) is 5.92 Å². The van der Waals surface area contributed by atoms with E-state index in [2.05, 4.69) is 10.2 Å². The van der Waals surface area contributed by atoms with E-state index in [0.717, 1.165) is 25.6 Å². The van der Waals surface area contributed by atoms with Gasteiger partial charge in [-0.1, -0.05) is 0 Å². The third kappa shape index (κ3) is 3.42. The van der Waals surface area contributed by atoms with E-state index in [0.29, 0.717) is 6.04 Å². The molecule has 1 saturated heterocycles. The molecule has 0 aromatic heterocycles. The van der Waals surface area contributed by atoms with E-state index in [9.17, 15) is 4.79 Å². The van der Waals surface area contributed by atoms with Crippen molar-refractivity contribution in [3.63, 3.8) is 0 Å². The Labute approximate surface area is 104 Å². The van der Waals surface area contributed by atoms with Crippen molar-refractivity contribution in [2.75, 3.05) is 26.7 Å². The summed E-state index contributed by atoms with van der Waals surface area (Å²) in [5.41, 5.74) is 0. The molecule has 1 aliphatic carbocycles. The molecule has 0 aromatic rings. The normalized spacial score (nSPS) is 23.7. The summed E-state index contributed by atoms with van der Waals surface area (Å²) in [7, 11) is 1.48.